The Bertz CT molecular complexity index is 192. The van der Waals surface area contributed by atoms with E-state index in [-0.39, 0.29) is 12.1 Å². The van der Waals surface area contributed by atoms with Crippen molar-refractivity contribution >= 4 is 5.97 Å². The van der Waals surface area contributed by atoms with Crippen LogP contribution in [0.1, 0.15) is 33.1 Å². The molecule has 0 aliphatic carbocycles. The van der Waals surface area contributed by atoms with Gasteiger partial charge in [-0.1, -0.05) is 0 Å². The van der Waals surface area contributed by atoms with Crippen LogP contribution in [0, 0.1) is 0 Å². The molecule has 0 spiro atoms. The zero-order valence-electron chi connectivity index (χ0n) is 8.91. The molecule has 0 saturated carbocycles. The molecule has 1 aliphatic heterocycles. The third kappa shape index (κ3) is 3.64. The molecule has 1 atom stereocenters. The fourth-order valence-electron chi connectivity index (χ4n) is 1.29. The SMILES string of the molecule is CC(C)(N)C(=O)OCC1CCCCO1. The summed E-state index contributed by atoms with van der Waals surface area (Å²) in [6.07, 6.45) is 3.29. The van der Waals surface area contributed by atoms with E-state index in [2.05, 4.69) is 0 Å². The van der Waals surface area contributed by atoms with E-state index in [4.69, 9.17) is 15.2 Å². The van der Waals surface area contributed by atoms with Crippen molar-refractivity contribution in [2.45, 2.75) is 44.8 Å². The molecule has 1 fully saturated rings. The maximum absolute atomic E-state index is 11.3. The normalized spacial score (nSPS) is 23.2. The Morgan fingerprint density at radius 3 is 2.79 bits per heavy atom. The lowest BCUT2D eigenvalue weighted by atomic mass is 10.1. The molecule has 1 unspecified atom stereocenters. The van der Waals surface area contributed by atoms with Crippen LogP contribution < -0.4 is 5.73 Å². The molecule has 14 heavy (non-hydrogen) atoms. The molecule has 1 saturated heterocycles. The monoisotopic (exact) mass is 201 g/mol. The Balaban J connectivity index is 2.22. The molecule has 1 aliphatic rings. The van der Waals surface area contributed by atoms with Crippen LogP contribution in [0.4, 0.5) is 0 Å². The molecule has 0 bridgehead atoms. The molecule has 0 radical (unpaired) electrons. The maximum atomic E-state index is 11.3. The van der Waals surface area contributed by atoms with Crippen molar-refractivity contribution in [3.63, 3.8) is 0 Å². The number of esters is 1. The highest BCUT2D eigenvalue weighted by Crippen LogP contribution is 2.13. The number of rotatable bonds is 3. The highest BCUT2D eigenvalue weighted by molar-refractivity contribution is 5.79. The highest BCUT2D eigenvalue weighted by atomic mass is 16.6. The van der Waals surface area contributed by atoms with Gasteiger partial charge >= 0.3 is 5.97 Å². The molecule has 1 heterocycles. The molecule has 4 heteroatoms. The van der Waals surface area contributed by atoms with Gasteiger partial charge < -0.3 is 15.2 Å². The summed E-state index contributed by atoms with van der Waals surface area (Å²) in [5, 5.41) is 0. The lowest BCUT2D eigenvalue weighted by molar-refractivity contribution is -0.154. The van der Waals surface area contributed by atoms with Crippen LogP contribution in [0.15, 0.2) is 0 Å². The Labute approximate surface area is 84.7 Å². The van der Waals surface area contributed by atoms with E-state index in [0.717, 1.165) is 25.9 Å². The fraction of sp³-hybridized carbons (Fsp3) is 0.900. The number of nitrogens with two attached hydrogens (primary N) is 1. The molecule has 0 amide bonds. The van der Waals surface area contributed by atoms with Crippen LogP contribution in [0.5, 0.6) is 0 Å². The van der Waals surface area contributed by atoms with Gasteiger partial charge in [-0.05, 0) is 33.1 Å². The van der Waals surface area contributed by atoms with Gasteiger partial charge in [-0.2, -0.15) is 0 Å². The summed E-state index contributed by atoms with van der Waals surface area (Å²) in [7, 11) is 0. The second-order valence-electron chi connectivity index (χ2n) is 4.31. The molecular formula is C10H19NO3. The first-order chi connectivity index (χ1) is 6.50. The van der Waals surface area contributed by atoms with Crippen LogP contribution in [-0.4, -0.2) is 30.8 Å². The van der Waals surface area contributed by atoms with Crippen LogP contribution >= 0.6 is 0 Å². The first-order valence-electron chi connectivity index (χ1n) is 5.08. The van der Waals surface area contributed by atoms with Crippen molar-refractivity contribution in [2.75, 3.05) is 13.2 Å². The highest BCUT2D eigenvalue weighted by Gasteiger charge is 2.25. The van der Waals surface area contributed by atoms with Crippen LogP contribution in [0.25, 0.3) is 0 Å². The van der Waals surface area contributed by atoms with Crippen molar-refractivity contribution in [1.82, 2.24) is 0 Å². The Morgan fingerprint density at radius 2 is 2.29 bits per heavy atom. The quantitative estimate of drug-likeness (QED) is 0.687. The van der Waals surface area contributed by atoms with Gasteiger partial charge in [-0.15, -0.1) is 0 Å². The predicted molar refractivity (Wildman–Crippen MR) is 52.8 cm³/mol. The molecule has 82 valence electrons. The summed E-state index contributed by atoms with van der Waals surface area (Å²) >= 11 is 0. The summed E-state index contributed by atoms with van der Waals surface area (Å²) in [5.41, 5.74) is 4.67. The van der Waals surface area contributed by atoms with Crippen molar-refractivity contribution in [1.29, 1.82) is 0 Å². The summed E-state index contributed by atoms with van der Waals surface area (Å²) in [6, 6.07) is 0. The minimum atomic E-state index is -0.908. The van der Waals surface area contributed by atoms with E-state index >= 15 is 0 Å². The van der Waals surface area contributed by atoms with Crippen molar-refractivity contribution in [2.24, 2.45) is 5.73 Å². The van der Waals surface area contributed by atoms with E-state index in [1.165, 1.54) is 0 Å². The summed E-state index contributed by atoms with van der Waals surface area (Å²) in [4.78, 5) is 11.3. The molecule has 2 N–H and O–H groups in total. The van der Waals surface area contributed by atoms with Gasteiger partial charge in [0, 0.05) is 6.61 Å². The summed E-state index contributed by atoms with van der Waals surface area (Å²) in [5.74, 6) is -0.369. The summed E-state index contributed by atoms with van der Waals surface area (Å²) < 4.78 is 10.5. The first-order valence-corrected chi connectivity index (χ1v) is 5.08. The van der Waals surface area contributed by atoms with Gasteiger partial charge in [0.15, 0.2) is 0 Å². The number of carbonyl (C=O) groups is 1. The molecule has 1 rings (SSSR count). The van der Waals surface area contributed by atoms with Crippen molar-refractivity contribution in [3.8, 4) is 0 Å². The number of hydrogen-bond acceptors (Lipinski definition) is 4. The van der Waals surface area contributed by atoms with Gasteiger partial charge in [0.25, 0.3) is 0 Å². The summed E-state index contributed by atoms with van der Waals surface area (Å²) in [6.45, 7) is 4.38. The average Bonchev–Trinajstić information content (AvgIpc) is 2.14. The van der Waals surface area contributed by atoms with E-state index < -0.39 is 5.54 Å². The standard InChI is InChI=1S/C10H19NO3/c1-10(2,11)9(12)14-7-8-5-3-4-6-13-8/h8H,3-7,11H2,1-2H3. The average molecular weight is 201 g/mol. The number of ether oxygens (including phenoxy) is 2. The van der Waals surface area contributed by atoms with E-state index in [1.807, 2.05) is 0 Å². The predicted octanol–water partition coefficient (Wildman–Crippen LogP) is 0.836. The van der Waals surface area contributed by atoms with E-state index in [9.17, 15) is 4.79 Å². The Hall–Kier alpha value is -0.610. The third-order valence-corrected chi connectivity index (χ3v) is 2.20. The second-order valence-corrected chi connectivity index (χ2v) is 4.31. The smallest absolute Gasteiger partial charge is 0.325 e. The van der Waals surface area contributed by atoms with Crippen molar-refractivity contribution < 1.29 is 14.3 Å². The minimum absolute atomic E-state index is 0.0649. The lowest BCUT2D eigenvalue weighted by Crippen LogP contribution is -2.44. The van der Waals surface area contributed by atoms with Gasteiger partial charge in [-0.25, -0.2) is 0 Å². The second kappa shape index (κ2) is 4.75. The third-order valence-electron chi connectivity index (χ3n) is 2.20. The minimum Gasteiger partial charge on any atom is -0.462 e. The van der Waals surface area contributed by atoms with Crippen molar-refractivity contribution in [3.05, 3.63) is 0 Å². The van der Waals surface area contributed by atoms with Gasteiger partial charge in [0.05, 0.1) is 6.10 Å². The van der Waals surface area contributed by atoms with Gasteiger partial charge in [0.2, 0.25) is 0 Å². The first kappa shape index (κ1) is 11.5. The molecule has 0 aromatic carbocycles. The topological polar surface area (TPSA) is 61.6 Å². The maximum Gasteiger partial charge on any atom is 0.325 e. The molecule has 4 nitrogen and oxygen atoms in total. The van der Waals surface area contributed by atoms with Crippen LogP contribution in [0.3, 0.4) is 0 Å². The van der Waals surface area contributed by atoms with Crippen LogP contribution in [-0.2, 0) is 14.3 Å². The van der Waals surface area contributed by atoms with Gasteiger partial charge in [-0.3, -0.25) is 4.79 Å². The fourth-order valence-corrected chi connectivity index (χ4v) is 1.29. The lowest BCUT2D eigenvalue weighted by Gasteiger charge is -2.24. The zero-order valence-corrected chi connectivity index (χ0v) is 8.91. The van der Waals surface area contributed by atoms with E-state index in [1.54, 1.807) is 13.8 Å². The molecule has 0 aromatic heterocycles. The molecule has 0 aromatic rings. The molecular weight excluding hydrogens is 182 g/mol. The zero-order chi connectivity index (χ0) is 10.6. The number of hydrogen-bond donors (Lipinski definition) is 1. The van der Waals surface area contributed by atoms with E-state index in [0.29, 0.717) is 6.61 Å². The largest absolute Gasteiger partial charge is 0.462 e. The Morgan fingerprint density at radius 1 is 1.57 bits per heavy atom. The van der Waals surface area contributed by atoms with Gasteiger partial charge in [0.1, 0.15) is 12.1 Å². The Kier molecular flexibility index (Phi) is 3.89. The number of carbonyl (C=O) groups excluding carboxylic acids is 1. The van der Waals surface area contributed by atoms with Crippen LogP contribution in [0.2, 0.25) is 0 Å².